The van der Waals surface area contributed by atoms with Gasteiger partial charge in [0.25, 0.3) is 17.7 Å². The molecule has 0 aromatic heterocycles. The third-order valence-electron chi connectivity index (χ3n) is 5.33. The van der Waals surface area contributed by atoms with Crippen molar-refractivity contribution >= 4 is 29.5 Å². The summed E-state index contributed by atoms with van der Waals surface area (Å²) in [7, 11) is 1.73. The van der Waals surface area contributed by atoms with E-state index in [1.165, 1.54) is 15.9 Å². The molecule has 1 heterocycles. The van der Waals surface area contributed by atoms with Crippen molar-refractivity contribution in [3.63, 3.8) is 0 Å². The normalized spacial score (nSPS) is 12.8. The van der Waals surface area contributed by atoms with Crippen molar-refractivity contribution in [1.29, 1.82) is 0 Å². The van der Waals surface area contributed by atoms with Gasteiger partial charge in [0.05, 0.1) is 17.7 Å². The molecule has 4 rings (SSSR count). The second-order valence-corrected chi connectivity index (χ2v) is 8.33. The van der Waals surface area contributed by atoms with Gasteiger partial charge in [-0.15, -0.1) is 11.8 Å². The van der Waals surface area contributed by atoms with Gasteiger partial charge in [-0.3, -0.25) is 19.3 Å². The topological polar surface area (TPSA) is 57.7 Å². The average molecular weight is 431 g/mol. The minimum Gasteiger partial charge on any atom is -0.337 e. The van der Waals surface area contributed by atoms with Crippen molar-refractivity contribution in [2.75, 3.05) is 13.3 Å². The molecule has 156 valence electrons. The third kappa shape index (κ3) is 4.25. The monoisotopic (exact) mass is 430 g/mol. The van der Waals surface area contributed by atoms with Crippen LogP contribution in [-0.2, 0) is 13.1 Å². The van der Waals surface area contributed by atoms with Crippen LogP contribution in [-0.4, -0.2) is 40.8 Å². The highest BCUT2D eigenvalue weighted by Crippen LogP contribution is 2.26. The van der Waals surface area contributed by atoms with Gasteiger partial charge in [0.1, 0.15) is 0 Å². The Kier molecular flexibility index (Phi) is 5.91. The van der Waals surface area contributed by atoms with Crippen LogP contribution in [0.5, 0.6) is 0 Å². The van der Waals surface area contributed by atoms with Gasteiger partial charge in [-0.1, -0.05) is 42.5 Å². The zero-order valence-electron chi connectivity index (χ0n) is 17.4. The lowest BCUT2D eigenvalue weighted by molar-refractivity contribution is 0.0642. The predicted octanol–water partition coefficient (Wildman–Crippen LogP) is 4.48. The molecule has 0 bridgehead atoms. The van der Waals surface area contributed by atoms with E-state index in [2.05, 4.69) is 0 Å². The third-order valence-corrected chi connectivity index (χ3v) is 6.07. The fraction of sp³-hybridized carbons (Fsp3) is 0.160. The Bertz CT molecular complexity index is 1140. The van der Waals surface area contributed by atoms with Gasteiger partial charge in [-0.05, 0) is 47.7 Å². The smallest absolute Gasteiger partial charge is 0.261 e. The fourth-order valence-electron chi connectivity index (χ4n) is 3.63. The molecule has 0 saturated carbocycles. The number of amides is 3. The van der Waals surface area contributed by atoms with E-state index < -0.39 is 0 Å². The molecular formula is C25H22N2O3S. The van der Waals surface area contributed by atoms with Gasteiger partial charge >= 0.3 is 0 Å². The van der Waals surface area contributed by atoms with Crippen LogP contribution in [0.1, 0.15) is 42.2 Å². The Balaban J connectivity index is 1.51. The lowest BCUT2D eigenvalue weighted by Crippen LogP contribution is -2.29. The number of benzene rings is 3. The van der Waals surface area contributed by atoms with E-state index in [4.69, 9.17) is 0 Å². The lowest BCUT2D eigenvalue weighted by Gasteiger charge is -2.18. The molecule has 0 fully saturated rings. The summed E-state index contributed by atoms with van der Waals surface area (Å²) in [6.45, 7) is 0.667. The molecule has 6 heteroatoms. The number of rotatable bonds is 6. The molecule has 0 aliphatic carbocycles. The molecule has 0 N–H and O–H groups in total. The summed E-state index contributed by atoms with van der Waals surface area (Å²) in [5.74, 6) is -0.891. The molecule has 3 aromatic rings. The van der Waals surface area contributed by atoms with Crippen molar-refractivity contribution in [2.45, 2.75) is 18.0 Å². The van der Waals surface area contributed by atoms with E-state index in [1.807, 2.05) is 60.9 Å². The summed E-state index contributed by atoms with van der Waals surface area (Å²) in [4.78, 5) is 42.6. The molecule has 0 spiro atoms. The number of carbonyl (C=O) groups is 3. The highest BCUT2D eigenvalue weighted by atomic mass is 32.2. The zero-order valence-corrected chi connectivity index (χ0v) is 18.2. The van der Waals surface area contributed by atoms with E-state index in [9.17, 15) is 14.4 Å². The molecule has 0 atom stereocenters. The summed E-state index contributed by atoms with van der Waals surface area (Å²) in [5.41, 5.74) is 2.91. The number of fused-ring (bicyclic) bond motifs is 1. The summed E-state index contributed by atoms with van der Waals surface area (Å²) < 4.78 is 0. The molecule has 0 radical (unpaired) electrons. The van der Waals surface area contributed by atoms with Gasteiger partial charge in [0, 0.05) is 24.1 Å². The molecule has 0 saturated heterocycles. The fourth-order valence-corrected chi connectivity index (χ4v) is 4.04. The molecule has 3 amide bonds. The van der Waals surface area contributed by atoms with Crippen LogP contribution >= 0.6 is 11.8 Å². The Hall–Kier alpha value is -3.38. The SMILES string of the molecule is CSc1ccc(CN(C)C(=O)c2ccc3c(c2)C(=O)N(Cc2ccccc2)C3=O)cc1. The first-order valence-corrected chi connectivity index (χ1v) is 11.1. The highest BCUT2D eigenvalue weighted by molar-refractivity contribution is 7.98. The van der Waals surface area contributed by atoms with Gasteiger partial charge < -0.3 is 4.90 Å². The number of thioether (sulfide) groups is 1. The van der Waals surface area contributed by atoms with Crippen LogP contribution in [0.4, 0.5) is 0 Å². The summed E-state index contributed by atoms with van der Waals surface area (Å²) in [6.07, 6.45) is 2.02. The summed E-state index contributed by atoms with van der Waals surface area (Å²) >= 11 is 1.67. The standard InChI is InChI=1S/C25H22N2O3S/c1-26(15-18-8-11-20(31-2)12-9-18)23(28)19-10-13-21-22(14-19)25(30)27(24(21)29)16-17-6-4-3-5-7-17/h3-14H,15-16H2,1-2H3. The van der Waals surface area contributed by atoms with Crippen LogP contribution in [0.3, 0.4) is 0 Å². The maximum atomic E-state index is 12.9. The summed E-state index contributed by atoms with van der Waals surface area (Å²) in [6, 6.07) is 22.2. The predicted molar refractivity (Wildman–Crippen MR) is 121 cm³/mol. The van der Waals surface area contributed by atoms with E-state index in [-0.39, 0.29) is 29.8 Å². The molecule has 1 aliphatic rings. The molecule has 31 heavy (non-hydrogen) atoms. The Morgan fingerprint density at radius 1 is 0.871 bits per heavy atom. The van der Waals surface area contributed by atoms with Crippen LogP contribution in [0.15, 0.2) is 77.7 Å². The molecule has 0 unspecified atom stereocenters. The second-order valence-electron chi connectivity index (χ2n) is 7.45. The first kappa shape index (κ1) is 20.9. The van der Waals surface area contributed by atoms with Crippen LogP contribution in [0.25, 0.3) is 0 Å². The quantitative estimate of drug-likeness (QED) is 0.427. The minimum absolute atomic E-state index is 0.196. The van der Waals surface area contributed by atoms with Crippen LogP contribution in [0, 0.1) is 0 Å². The Morgan fingerprint density at radius 2 is 1.55 bits per heavy atom. The van der Waals surface area contributed by atoms with Crippen molar-refractivity contribution in [1.82, 2.24) is 9.80 Å². The van der Waals surface area contributed by atoms with Crippen molar-refractivity contribution in [3.8, 4) is 0 Å². The maximum Gasteiger partial charge on any atom is 0.261 e. The Labute approximate surface area is 185 Å². The van der Waals surface area contributed by atoms with E-state index in [0.717, 1.165) is 11.1 Å². The van der Waals surface area contributed by atoms with E-state index >= 15 is 0 Å². The zero-order chi connectivity index (χ0) is 22.0. The molecule has 3 aromatic carbocycles. The number of imide groups is 1. The van der Waals surface area contributed by atoms with Crippen LogP contribution in [0.2, 0.25) is 0 Å². The Morgan fingerprint density at radius 3 is 2.23 bits per heavy atom. The number of hydrogen-bond donors (Lipinski definition) is 0. The minimum atomic E-state index is -0.367. The van der Waals surface area contributed by atoms with Gasteiger partial charge in [-0.2, -0.15) is 0 Å². The second kappa shape index (κ2) is 8.78. The number of carbonyl (C=O) groups excluding carboxylic acids is 3. The molecule has 5 nitrogen and oxygen atoms in total. The largest absolute Gasteiger partial charge is 0.337 e. The van der Waals surface area contributed by atoms with Crippen molar-refractivity contribution in [2.24, 2.45) is 0 Å². The maximum absolute atomic E-state index is 12.9. The van der Waals surface area contributed by atoms with Crippen molar-refractivity contribution in [3.05, 3.63) is 101 Å². The lowest BCUT2D eigenvalue weighted by atomic mass is 10.0. The first-order chi connectivity index (χ1) is 15.0. The average Bonchev–Trinajstić information content (AvgIpc) is 3.04. The molecular weight excluding hydrogens is 408 g/mol. The van der Waals surface area contributed by atoms with Gasteiger partial charge in [0.2, 0.25) is 0 Å². The van der Waals surface area contributed by atoms with Gasteiger partial charge in [-0.25, -0.2) is 0 Å². The number of hydrogen-bond acceptors (Lipinski definition) is 4. The summed E-state index contributed by atoms with van der Waals surface area (Å²) in [5, 5.41) is 0. The number of nitrogens with zero attached hydrogens (tertiary/aromatic N) is 2. The van der Waals surface area contributed by atoms with Gasteiger partial charge in [0.15, 0.2) is 0 Å². The first-order valence-electron chi connectivity index (χ1n) is 9.90. The highest BCUT2D eigenvalue weighted by Gasteiger charge is 2.36. The van der Waals surface area contributed by atoms with E-state index in [0.29, 0.717) is 17.7 Å². The van der Waals surface area contributed by atoms with Crippen molar-refractivity contribution < 1.29 is 14.4 Å². The molecule has 1 aliphatic heterocycles. The van der Waals surface area contributed by atoms with E-state index in [1.54, 1.807) is 35.8 Å². The van der Waals surface area contributed by atoms with Crippen LogP contribution < -0.4 is 0 Å².